The SMILES string of the molecule is Nc1nnc(/C=C/c2ccc(OCc3ccccc3F)c(Cl)c2)o1. The highest BCUT2D eigenvalue weighted by Crippen LogP contribution is 2.27. The summed E-state index contributed by atoms with van der Waals surface area (Å²) in [4.78, 5) is 0. The lowest BCUT2D eigenvalue weighted by Gasteiger charge is -2.09. The zero-order valence-corrected chi connectivity index (χ0v) is 13.2. The van der Waals surface area contributed by atoms with Crippen molar-refractivity contribution in [3.8, 4) is 5.75 Å². The Morgan fingerprint density at radius 3 is 2.71 bits per heavy atom. The summed E-state index contributed by atoms with van der Waals surface area (Å²) >= 11 is 6.20. The number of nitrogen functional groups attached to an aromatic ring is 1. The molecule has 7 heteroatoms. The first kappa shape index (κ1) is 16.0. The van der Waals surface area contributed by atoms with Crippen molar-refractivity contribution in [3.05, 3.63) is 70.3 Å². The van der Waals surface area contributed by atoms with Crippen LogP contribution in [0, 0.1) is 5.82 Å². The van der Waals surface area contributed by atoms with E-state index in [2.05, 4.69) is 10.2 Å². The normalized spacial score (nSPS) is 11.1. The van der Waals surface area contributed by atoms with E-state index in [1.807, 2.05) is 0 Å². The van der Waals surface area contributed by atoms with E-state index in [1.54, 1.807) is 48.6 Å². The minimum Gasteiger partial charge on any atom is -0.487 e. The van der Waals surface area contributed by atoms with Gasteiger partial charge in [-0.2, -0.15) is 0 Å². The molecule has 0 fully saturated rings. The van der Waals surface area contributed by atoms with Gasteiger partial charge in [-0.05, 0) is 29.8 Å². The van der Waals surface area contributed by atoms with Crippen LogP contribution in [-0.4, -0.2) is 10.2 Å². The number of nitrogens with zero attached hydrogens (tertiary/aromatic N) is 2. The predicted molar refractivity (Wildman–Crippen MR) is 89.8 cm³/mol. The van der Waals surface area contributed by atoms with Crippen molar-refractivity contribution in [1.29, 1.82) is 0 Å². The molecule has 0 atom stereocenters. The average molecular weight is 346 g/mol. The molecule has 2 aromatic carbocycles. The standard InChI is InChI=1S/C17H13ClFN3O2/c18-13-9-11(6-8-16-21-22-17(20)24-16)5-7-15(13)23-10-12-3-1-2-4-14(12)19/h1-9H,10H2,(H2,20,22)/b8-6+. The van der Waals surface area contributed by atoms with E-state index < -0.39 is 0 Å². The number of rotatable bonds is 5. The summed E-state index contributed by atoms with van der Waals surface area (Å²) in [5.41, 5.74) is 6.62. The number of hydrogen-bond acceptors (Lipinski definition) is 5. The minimum atomic E-state index is -0.313. The van der Waals surface area contributed by atoms with E-state index in [-0.39, 0.29) is 18.4 Å². The molecule has 0 bridgehead atoms. The van der Waals surface area contributed by atoms with Crippen molar-refractivity contribution >= 4 is 29.8 Å². The van der Waals surface area contributed by atoms with E-state index in [4.69, 9.17) is 26.5 Å². The van der Waals surface area contributed by atoms with Crippen LogP contribution in [0.1, 0.15) is 17.0 Å². The van der Waals surface area contributed by atoms with Crippen LogP contribution in [0.2, 0.25) is 5.02 Å². The lowest BCUT2D eigenvalue weighted by atomic mass is 10.2. The number of halogens is 2. The monoisotopic (exact) mass is 345 g/mol. The summed E-state index contributed by atoms with van der Waals surface area (Å²) in [7, 11) is 0. The molecule has 0 aliphatic heterocycles. The third-order valence-electron chi connectivity index (χ3n) is 3.17. The van der Waals surface area contributed by atoms with Crippen molar-refractivity contribution < 1.29 is 13.5 Å². The fourth-order valence-corrected chi connectivity index (χ4v) is 2.23. The van der Waals surface area contributed by atoms with E-state index in [0.29, 0.717) is 22.2 Å². The van der Waals surface area contributed by atoms with Gasteiger partial charge in [-0.25, -0.2) is 4.39 Å². The van der Waals surface area contributed by atoms with Crippen LogP contribution < -0.4 is 10.5 Å². The van der Waals surface area contributed by atoms with Crippen molar-refractivity contribution in [3.63, 3.8) is 0 Å². The Morgan fingerprint density at radius 1 is 1.17 bits per heavy atom. The quantitative estimate of drug-likeness (QED) is 0.750. The van der Waals surface area contributed by atoms with Gasteiger partial charge in [-0.1, -0.05) is 41.0 Å². The molecule has 24 heavy (non-hydrogen) atoms. The number of nitrogens with two attached hydrogens (primary N) is 1. The largest absolute Gasteiger partial charge is 0.487 e. The van der Waals surface area contributed by atoms with Gasteiger partial charge in [0.2, 0.25) is 5.89 Å². The summed E-state index contributed by atoms with van der Waals surface area (Å²) in [5.74, 6) is 0.453. The van der Waals surface area contributed by atoms with Gasteiger partial charge < -0.3 is 14.9 Å². The molecule has 122 valence electrons. The fraction of sp³-hybridized carbons (Fsp3) is 0.0588. The highest BCUT2D eigenvalue weighted by molar-refractivity contribution is 6.32. The number of anilines is 1. The maximum Gasteiger partial charge on any atom is 0.313 e. The summed E-state index contributed by atoms with van der Waals surface area (Å²) in [6.07, 6.45) is 3.37. The van der Waals surface area contributed by atoms with Gasteiger partial charge in [-0.15, -0.1) is 5.10 Å². The van der Waals surface area contributed by atoms with Gasteiger partial charge in [0, 0.05) is 11.6 Å². The van der Waals surface area contributed by atoms with Gasteiger partial charge in [-0.3, -0.25) is 0 Å². The van der Waals surface area contributed by atoms with Gasteiger partial charge in [0.1, 0.15) is 18.2 Å². The van der Waals surface area contributed by atoms with Crippen LogP contribution in [0.25, 0.3) is 12.2 Å². The van der Waals surface area contributed by atoms with E-state index in [1.165, 1.54) is 6.07 Å². The van der Waals surface area contributed by atoms with Crippen LogP contribution in [0.3, 0.4) is 0 Å². The molecule has 0 spiro atoms. The molecule has 5 nitrogen and oxygen atoms in total. The molecule has 0 saturated heterocycles. The second-order valence-corrected chi connectivity index (χ2v) is 5.29. The van der Waals surface area contributed by atoms with Crippen LogP contribution in [0.15, 0.2) is 46.9 Å². The van der Waals surface area contributed by atoms with Crippen LogP contribution in [0.5, 0.6) is 5.75 Å². The smallest absolute Gasteiger partial charge is 0.313 e. The molecule has 2 N–H and O–H groups in total. The van der Waals surface area contributed by atoms with Crippen molar-refractivity contribution in [1.82, 2.24) is 10.2 Å². The molecular weight excluding hydrogens is 333 g/mol. The summed E-state index contributed by atoms with van der Waals surface area (Å²) in [6.45, 7) is 0.100. The second-order valence-electron chi connectivity index (χ2n) is 4.88. The molecule has 0 saturated carbocycles. The van der Waals surface area contributed by atoms with E-state index in [9.17, 15) is 4.39 Å². The van der Waals surface area contributed by atoms with Crippen LogP contribution in [-0.2, 0) is 6.61 Å². The van der Waals surface area contributed by atoms with Crippen LogP contribution in [0.4, 0.5) is 10.4 Å². The Kier molecular flexibility index (Phi) is 4.77. The van der Waals surface area contributed by atoms with E-state index >= 15 is 0 Å². The maximum atomic E-state index is 13.6. The zero-order chi connectivity index (χ0) is 16.9. The van der Waals surface area contributed by atoms with Gasteiger partial charge in [0.05, 0.1) is 5.02 Å². The third-order valence-corrected chi connectivity index (χ3v) is 3.47. The molecule has 0 aliphatic rings. The van der Waals surface area contributed by atoms with Crippen molar-refractivity contribution in [2.24, 2.45) is 0 Å². The molecule has 1 heterocycles. The van der Waals surface area contributed by atoms with Gasteiger partial charge in [0.25, 0.3) is 0 Å². The number of aromatic nitrogens is 2. The average Bonchev–Trinajstić information content (AvgIpc) is 2.99. The molecule has 0 amide bonds. The lowest BCUT2D eigenvalue weighted by Crippen LogP contribution is -1.98. The first-order chi connectivity index (χ1) is 11.6. The Labute approximate surface area is 142 Å². The molecule has 1 aromatic heterocycles. The number of hydrogen-bond donors (Lipinski definition) is 1. The Bertz CT molecular complexity index is 880. The Hall–Kier alpha value is -2.86. The highest BCUT2D eigenvalue weighted by atomic mass is 35.5. The summed E-state index contributed by atoms with van der Waals surface area (Å²) < 4.78 is 24.2. The topological polar surface area (TPSA) is 74.2 Å². The summed E-state index contributed by atoms with van der Waals surface area (Å²) in [5, 5.41) is 7.69. The second kappa shape index (κ2) is 7.14. The third kappa shape index (κ3) is 3.91. The molecule has 3 rings (SSSR count). The molecule has 0 radical (unpaired) electrons. The first-order valence-corrected chi connectivity index (χ1v) is 7.42. The maximum absolute atomic E-state index is 13.6. The molecular formula is C17H13ClFN3O2. The Balaban J connectivity index is 1.68. The highest BCUT2D eigenvalue weighted by Gasteiger charge is 2.06. The predicted octanol–water partition coefficient (Wildman–Crippen LogP) is 4.19. The first-order valence-electron chi connectivity index (χ1n) is 7.04. The summed E-state index contributed by atoms with van der Waals surface area (Å²) in [6, 6.07) is 11.7. The molecule has 0 aliphatic carbocycles. The molecule has 0 unspecified atom stereocenters. The van der Waals surface area contributed by atoms with E-state index in [0.717, 1.165) is 5.56 Å². The van der Waals surface area contributed by atoms with Crippen molar-refractivity contribution in [2.45, 2.75) is 6.61 Å². The zero-order valence-electron chi connectivity index (χ0n) is 12.4. The fourth-order valence-electron chi connectivity index (χ4n) is 1.99. The number of ether oxygens (including phenoxy) is 1. The minimum absolute atomic E-state index is 0.00424. The Morgan fingerprint density at radius 2 is 2.00 bits per heavy atom. The van der Waals surface area contributed by atoms with Crippen LogP contribution >= 0.6 is 11.6 Å². The number of benzene rings is 2. The van der Waals surface area contributed by atoms with Gasteiger partial charge >= 0.3 is 6.01 Å². The molecule has 3 aromatic rings. The van der Waals surface area contributed by atoms with Gasteiger partial charge in [0.15, 0.2) is 0 Å². The lowest BCUT2D eigenvalue weighted by molar-refractivity contribution is 0.300. The van der Waals surface area contributed by atoms with Crippen molar-refractivity contribution in [2.75, 3.05) is 5.73 Å².